The summed E-state index contributed by atoms with van der Waals surface area (Å²) in [5.74, 6) is 0.983. The van der Waals surface area contributed by atoms with Crippen LogP contribution in [0.3, 0.4) is 0 Å². The minimum absolute atomic E-state index is 0.0239. The molecule has 0 amide bonds. The van der Waals surface area contributed by atoms with Crippen LogP contribution in [0.5, 0.6) is 5.75 Å². The fraction of sp³-hybridized carbons (Fsp3) is 0.400. The number of aryl methyl sites for hydroxylation is 2. The first-order valence-corrected chi connectivity index (χ1v) is 9.26. The van der Waals surface area contributed by atoms with Crippen LogP contribution in [-0.4, -0.2) is 32.1 Å². The monoisotopic (exact) mass is 368 g/mol. The molecule has 142 valence electrons. The highest BCUT2D eigenvalue weighted by Gasteiger charge is 2.18. The lowest BCUT2D eigenvalue weighted by molar-refractivity contribution is 0.0988. The maximum Gasteiger partial charge on any atom is 0.277 e. The Labute approximate surface area is 157 Å². The minimum atomic E-state index is -0.262. The Bertz CT molecular complexity index is 1050. The summed E-state index contributed by atoms with van der Waals surface area (Å²) in [6, 6.07) is 5.22. The summed E-state index contributed by atoms with van der Waals surface area (Å²) >= 11 is 0. The molecule has 0 saturated carbocycles. The van der Waals surface area contributed by atoms with Gasteiger partial charge in [-0.2, -0.15) is 5.10 Å². The topological polar surface area (TPSA) is 89.9 Å². The molecule has 0 saturated heterocycles. The van der Waals surface area contributed by atoms with Crippen molar-refractivity contribution in [2.75, 3.05) is 6.61 Å². The van der Waals surface area contributed by atoms with Crippen LogP contribution in [0.1, 0.15) is 49.7 Å². The predicted molar refractivity (Wildman–Crippen MR) is 104 cm³/mol. The highest BCUT2D eigenvalue weighted by molar-refractivity contribution is 5.97. The van der Waals surface area contributed by atoms with Crippen molar-refractivity contribution in [3.8, 4) is 17.1 Å². The van der Waals surface area contributed by atoms with Gasteiger partial charge in [-0.3, -0.25) is 14.3 Å². The predicted octanol–water partition coefficient (Wildman–Crippen LogP) is 3.27. The van der Waals surface area contributed by atoms with Crippen molar-refractivity contribution in [1.82, 2.24) is 19.7 Å². The molecule has 0 fully saturated rings. The molecule has 0 aliphatic carbocycles. The maximum atomic E-state index is 12.7. The number of aromatic nitrogens is 4. The molecule has 2 aromatic heterocycles. The van der Waals surface area contributed by atoms with E-state index in [0.29, 0.717) is 46.8 Å². The number of Topliss-reactive ketones (excluding diaryl/α,β-unsaturated/α-hetero) is 1. The van der Waals surface area contributed by atoms with Crippen LogP contribution in [0.25, 0.3) is 22.4 Å². The van der Waals surface area contributed by atoms with Crippen LogP contribution in [0.15, 0.2) is 23.0 Å². The lowest BCUT2D eigenvalue weighted by Crippen LogP contribution is -2.13. The Morgan fingerprint density at radius 3 is 2.70 bits per heavy atom. The molecule has 3 rings (SSSR count). The summed E-state index contributed by atoms with van der Waals surface area (Å²) in [5, 5.41) is 4.44. The van der Waals surface area contributed by atoms with Crippen molar-refractivity contribution >= 4 is 16.8 Å². The third-order valence-electron chi connectivity index (χ3n) is 4.43. The van der Waals surface area contributed by atoms with Gasteiger partial charge in [-0.25, -0.2) is 4.98 Å². The number of hydrogen-bond donors (Lipinski definition) is 1. The molecule has 0 unspecified atom stereocenters. The van der Waals surface area contributed by atoms with E-state index in [9.17, 15) is 9.59 Å². The van der Waals surface area contributed by atoms with E-state index in [0.717, 1.165) is 18.5 Å². The van der Waals surface area contributed by atoms with Gasteiger partial charge < -0.3 is 9.72 Å². The summed E-state index contributed by atoms with van der Waals surface area (Å²) in [5.41, 5.74) is 2.73. The number of ether oxygens (including phenoxy) is 1. The van der Waals surface area contributed by atoms with Gasteiger partial charge in [0.2, 0.25) is 0 Å². The average molecular weight is 368 g/mol. The second kappa shape index (κ2) is 7.73. The van der Waals surface area contributed by atoms with Crippen molar-refractivity contribution in [2.24, 2.45) is 7.05 Å². The third-order valence-corrected chi connectivity index (χ3v) is 4.43. The molecule has 0 aliphatic heterocycles. The maximum absolute atomic E-state index is 12.7. The SMILES string of the molecule is CCCc1nn(C)c2c(=O)[nH]c(-c3cc(C(=O)CC)ccc3OCC)nc12. The molecule has 0 radical (unpaired) electrons. The van der Waals surface area contributed by atoms with E-state index < -0.39 is 0 Å². The first kappa shape index (κ1) is 18.8. The molecule has 3 aromatic rings. The van der Waals surface area contributed by atoms with Crippen LogP contribution in [0.4, 0.5) is 0 Å². The molecule has 0 aliphatic rings. The van der Waals surface area contributed by atoms with E-state index >= 15 is 0 Å². The van der Waals surface area contributed by atoms with Gasteiger partial charge in [0.25, 0.3) is 5.56 Å². The second-order valence-electron chi connectivity index (χ2n) is 6.35. The van der Waals surface area contributed by atoms with E-state index in [1.54, 1.807) is 29.9 Å². The lowest BCUT2D eigenvalue weighted by Gasteiger charge is -2.11. The van der Waals surface area contributed by atoms with Gasteiger partial charge in [0.1, 0.15) is 17.1 Å². The van der Waals surface area contributed by atoms with E-state index in [4.69, 9.17) is 4.74 Å². The number of carbonyl (C=O) groups is 1. The number of hydrogen-bond acceptors (Lipinski definition) is 5. The Balaban J connectivity index is 2.26. The van der Waals surface area contributed by atoms with Crippen LogP contribution >= 0.6 is 0 Å². The normalized spacial score (nSPS) is 11.1. The van der Waals surface area contributed by atoms with E-state index in [2.05, 4.69) is 22.0 Å². The third kappa shape index (κ3) is 3.49. The first-order valence-electron chi connectivity index (χ1n) is 9.26. The van der Waals surface area contributed by atoms with Gasteiger partial charge in [0, 0.05) is 19.0 Å². The standard InChI is InChI=1S/C20H24N4O3/c1-5-8-14-17-18(24(4)23-14)20(26)22-19(21-17)13-11-12(15(25)6-2)9-10-16(13)27-7-3/h9-11H,5-8H2,1-4H3,(H,21,22,26). The molecule has 7 heteroatoms. The van der Waals surface area contributed by atoms with E-state index in [-0.39, 0.29) is 11.3 Å². The zero-order valence-electron chi connectivity index (χ0n) is 16.1. The van der Waals surface area contributed by atoms with E-state index in [1.165, 1.54) is 0 Å². The largest absolute Gasteiger partial charge is 0.493 e. The summed E-state index contributed by atoms with van der Waals surface area (Å²) in [7, 11) is 1.74. The van der Waals surface area contributed by atoms with Crippen molar-refractivity contribution in [3.05, 3.63) is 39.8 Å². The Kier molecular flexibility index (Phi) is 5.39. The Morgan fingerprint density at radius 2 is 2.04 bits per heavy atom. The summed E-state index contributed by atoms with van der Waals surface area (Å²) in [6.07, 6.45) is 2.04. The molecule has 1 aromatic carbocycles. The molecular formula is C20H24N4O3. The number of fused-ring (bicyclic) bond motifs is 1. The van der Waals surface area contributed by atoms with Gasteiger partial charge >= 0.3 is 0 Å². The molecule has 0 spiro atoms. The van der Waals surface area contributed by atoms with Gasteiger partial charge in [-0.05, 0) is 31.5 Å². The first-order chi connectivity index (χ1) is 13.0. The van der Waals surface area contributed by atoms with Gasteiger partial charge in [-0.1, -0.05) is 20.3 Å². The Morgan fingerprint density at radius 1 is 1.26 bits per heavy atom. The number of nitrogens with zero attached hydrogens (tertiary/aromatic N) is 3. The van der Waals surface area contributed by atoms with Crippen LogP contribution in [0, 0.1) is 0 Å². The molecule has 2 heterocycles. The number of nitrogens with one attached hydrogen (secondary N) is 1. The summed E-state index contributed by atoms with van der Waals surface area (Å²) < 4.78 is 7.27. The number of H-pyrrole nitrogens is 1. The Hall–Kier alpha value is -2.96. The average Bonchev–Trinajstić information content (AvgIpc) is 2.98. The molecule has 0 atom stereocenters. The molecule has 7 nitrogen and oxygen atoms in total. The molecule has 0 bridgehead atoms. The highest BCUT2D eigenvalue weighted by atomic mass is 16.5. The van der Waals surface area contributed by atoms with Gasteiger partial charge in [0.05, 0.1) is 17.9 Å². The van der Waals surface area contributed by atoms with Crippen molar-refractivity contribution in [2.45, 2.75) is 40.0 Å². The summed E-state index contributed by atoms with van der Waals surface area (Å²) in [4.78, 5) is 32.3. The van der Waals surface area contributed by atoms with Crippen molar-refractivity contribution in [1.29, 1.82) is 0 Å². The molecular weight excluding hydrogens is 344 g/mol. The van der Waals surface area contributed by atoms with Crippen LogP contribution in [-0.2, 0) is 13.5 Å². The summed E-state index contributed by atoms with van der Waals surface area (Å²) in [6.45, 7) is 6.22. The minimum Gasteiger partial charge on any atom is -0.493 e. The number of aromatic amines is 1. The number of benzene rings is 1. The smallest absolute Gasteiger partial charge is 0.277 e. The quantitative estimate of drug-likeness (QED) is 0.647. The zero-order chi connectivity index (χ0) is 19.6. The number of carbonyl (C=O) groups excluding carboxylic acids is 1. The van der Waals surface area contributed by atoms with Gasteiger partial charge in [0.15, 0.2) is 11.3 Å². The highest BCUT2D eigenvalue weighted by Crippen LogP contribution is 2.30. The van der Waals surface area contributed by atoms with Crippen LogP contribution in [0.2, 0.25) is 0 Å². The lowest BCUT2D eigenvalue weighted by atomic mass is 10.0. The van der Waals surface area contributed by atoms with Crippen molar-refractivity contribution < 1.29 is 9.53 Å². The fourth-order valence-electron chi connectivity index (χ4n) is 3.15. The molecule has 1 N–H and O–H groups in total. The van der Waals surface area contributed by atoms with Gasteiger partial charge in [-0.15, -0.1) is 0 Å². The van der Waals surface area contributed by atoms with Crippen molar-refractivity contribution in [3.63, 3.8) is 0 Å². The molecule has 27 heavy (non-hydrogen) atoms. The van der Waals surface area contributed by atoms with E-state index in [1.807, 2.05) is 13.8 Å². The fourth-order valence-corrected chi connectivity index (χ4v) is 3.15. The second-order valence-corrected chi connectivity index (χ2v) is 6.35. The number of ketones is 1. The number of rotatable bonds is 7. The zero-order valence-corrected chi connectivity index (χ0v) is 16.1. The van der Waals surface area contributed by atoms with Crippen LogP contribution < -0.4 is 10.3 Å².